The molecule has 0 fully saturated rings. The van der Waals surface area contributed by atoms with E-state index in [4.69, 9.17) is 5.11 Å². The third-order valence-electron chi connectivity index (χ3n) is 2.41. The highest BCUT2D eigenvalue weighted by Crippen LogP contribution is 2.20. The van der Waals surface area contributed by atoms with Crippen LogP contribution >= 0.6 is 0 Å². The summed E-state index contributed by atoms with van der Waals surface area (Å²) in [6.45, 7) is 1.89. The molecule has 3 heteroatoms. The van der Waals surface area contributed by atoms with Crippen molar-refractivity contribution < 1.29 is 15.0 Å². The maximum absolute atomic E-state index is 10.8. The molecule has 1 unspecified atom stereocenters. The molecule has 1 aromatic carbocycles. The van der Waals surface area contributed by atoms with Crippen LogP contribution in [-0.2, 0) is 0 Å². The number of allylic oxidation sites excluding steroid dienone is 1. The highest BCUT2D eigenvalue weighted by molar-refractivity contribution is 5.85. The maximum atomic E-state index is 10.8. The van der Waals surface area contributed by atoms with Crippen molar-refractivity contribution in [2.45, 2.75) is 6.92 Å². The Kier molecular flexibility index (Phi) is 5.17. The molecule has 0 saturated heterocycles. The third kappa shape index (κ3) is 3.57. The molecule has 2 N–H and O–H groups in total. The Balaban J connectivity index is 2.98. The molecule has 0 radical (unpaired) electrons. The molecule has 1 atom stereocenters. The van der Waals surface area contributed by atoms with Crippen LogP contribution in [0.2, 0.25) is 0 Å². The van der Waals surface area contributed by atoms with Crippen LogP contribution in [0, 0.1) is 5.92 Å². The van der Waals surface area contributed by atoms with Gasteiger partial charge in [0.25, 0.3) is 0 Å². The Morgan fingerprint density at radius 3 is 2.71 bits per heavy atom. The first-order chi connectivity index (χ1) is 8.22. The van der Waals surface area contributed by atoms with Gasteiger partial charge in [0.1, 0.15) is 5.75 Å². The van der Waals surface area contributed by atoms with E-state index in [1.807, 2.05) is 19.1 Å². The van der Waals surface area contributed by atoms with Gasteiger partial charge in [-0.05, 0) is 18.6 Å². The minimum Gasteiger partial charge on any atom is -0.507 e. The van der Waals surface area contributed by atoms with Gasteiger partial charge in [-0.25, -0.2) is 0 Å². The molecule has 3 nitrogen and oxygen atoms in total. The van der Waals surface area contributed by atoms with E-state index in [1.165, 1.54) is 6.07 Å². The van der Waals surface area contributed by atoms with Gasteiger partial charge in [-0.3, -0.25) is 4.79 Å². The highest BCUT2D eigenvalue weighted by Gasteiger charge is 2.04. The smallest absolute Gasteiger partial charge is 0.154 e. The lowest BCUT2D eigenvalue weighted by Crippen LogP contribution is -1.97. The normalized spacial score (nSPS) is 13.3. The number of phenolic OH excluding ortho intramolecular Hbond substituents is 1. The molecule has 0 heterocycles. The summed E-state index contributed by atoms with van der Waals surface area (Å²) in [5.74, 6) is -0.115. The number of rotatable bonds is 5. The van der Waals surface area contributed by atoms with Crippen molar-refractivity contribution in [3.8, 4) is 5.75 Å². The van der Waals surface area contributed by atoms with Gasteiger partial charge in [0.15, 0.2) is 6.29 Å². The molecule has 0 aromatic heterocycles. The molecular formula is C14H16O3. The van der Waals surface area contributed by atoms with E-state index < -0.39 is 0 Å². The van der Waals surface area contributed by atoms with Crippen molar-refractivity contribution in [1.29, 1.82) is 0 Å². The SMILES string of the molecule is C/C=C/C(/C=C/c1cccc(O)c1C=O)CO. The van der Waals surface area contributed by atoms with Crippen molar-refractivity contribution in [2.75, 3.05) is 6.61 Å². The Morgan fingerprint density at radius 1 is 1.35 bits per heavy atom. The first-order valence-electron chi connectivity index (χ1n) is 5.42. The minimum atomic E-state index is -0.0816. The zero-order chi connectivity index (χ0) is 12.7. The second kappa shape index (κ2) is 6.66. The van der Waals surface area contributed by atoms with Gasteiger partial charge in [0.2, 0.25) is 0 Å². The van der Waals surface area contributed by atoms with Crippen molar-refractivity contribution in [3.05, 3.63) is 47.6 Å². The molecule has 0 aliphatic rings. The lowest BCUT2D eigenvalue weighted by atomic mass is 10.0. The van der Waals surface area contributed by atoms with E-state index in [9.17, 15) is 9.90 Å². The van der Waals surface area contributed by atoms with Gasteiger partial charge in [-0.15, -0.1) is 0 Å². The zero-order valence-electron chi connectivity index (χ0n) is 9.71. The van der Waals surface area contributed by atoms with Crippen LogP contribution < -0.4 is 0 Å². The molecule has 0 spiro atoms. The zero-order valence-corrected chi connectivity index (χ0v) is 9.71. The summed E-state index contributed by atoms with van der Waals surface area (Å²) >= 11 is 0. The van der Waals surface area contributed by atoms with E-state index in [1.54, 1.807) is 24.3 Å². The fourth-order valence-electron chi connectivity index (χ4n) is 1.50. The third-order valence-corrected chi connectivity index (χ3v) is 2.41. The largest absolute Gasteiger partial charge is 0.507 e. The van der Waals surface area contributed by atoms with E-state index in [-0.39, 0.29) is 23.8 Å². The molecule has 0 saturated carbocycles. The van der Waals surface area contributed by atoms with Gasteiger partial charge in [0, 0.05) is 5.92 Å². The molecule has 17 heavy (non-hydrogen) atoms. The first-order valence-corrected chi connectivity index (χ1v) is 5.42. The second-order valence-corrected chi connectivity index (χ2v) is 3.63. The van der Waals surface area contributed by atoms with E-state index in [2.05, 4.69) is 0 Å². The Bertz CT molecular complexity index is 433. The van der Waals surface area contributed by atoms with Crippen LogP contribution in [-0.4, -0.2) is 23.1 Å². The summed E-state index contributed by atoms with van der Waals surface area (Å²) in [5, 5.41) is 18.6. The predicted octanol–water partition coefficient (Wildman–Crippen LogP) is 2.40. The molecule has 1 rings (SSSR count). The number of phenols is 1. The van der Waals surface area contributed by atoms with Crippen molar-refractivity contribution in [3.63, 3.8) is 0 Å². The quantitative estimate of drug-likeness (QED) is 0.605. The predicted molar refractivity (Wildman–Crippen MR) is 67.9 cm³/mol. The maximum Gasteiger partial charge on any atom is 0.154 e. The molecule has 1 aromatic rings. The average molecular weight is 232 g/mol. The topological polar surface area (TPSA) is 57.5 Å². The minimum absolute atomic E-state index is 0.01000. The summed E-state index contributed by atoms with van der Waals surface area (Å²) < 4.78 is 0. The number of carbonyl (C=O) groups excluding carboxylic acids is 1. The molecule has 0 aliphatic carbocycles. The molecule has 90 valence electrons. The summed E-state index contributed by atoms with van der Waals surface area (Å²) in [4.78, 5) is 10.8. The van der Waals surface area contributed by atoms with E-state index >= 15 is 0 Å². The molecule has 0 aliphatic heterocycles. The monoisotopic (exact) mass is 232 g/mol. The number of aliphatic hydroxyl groups is 1. The summed E-state index contributed by atoms with van der Waals surface area (Å²) in [6.07, 6.45) is 7.86. The second-order valence-electron chi connectivity index (χ2n) is 3.63. The lowest BCUT2D eigenvalue weighted by molar-refractivity contribution is 0.112. The summed E-state index contributed by atoms with van der Waals surface area (Å²) in [5.41, 5.74) is 0.906. The number of benzene rings is 1. The van der Waals surface area contributed by atoms with Crippen LogP contribution in [0.1, 0.15) is 22.8 Å². The Labute approximate surface area is 101 Å². The fraction of sp³-hybridized carbons (Fsp3) is 0.214. The summed E-state index contributed by atoms with van der Waals surface area (Å²) in [7, 11) is 0. The number of carbonyl (C=O) groups is 1. The van der Waals surface area contributed by atoms with Crippen LogP contribution in [0.3, 0.4) is 0 Å². The lowest BCUT2D eigenvalue weighted by Gasteiger charge is -2.04. The van der Waals surface area contributed by atoms with Crippen molar-refractivity contribution >= 4 is 12.4 Å². The van der Waals surface area contributed by atoms with E-state index in [0.29, 0.717) is 11.8 Å². The Morgan fingerprint density at radius 2 is 2.12 bits per heavy atom. The molecular weight excluding hydrogens is 216 g/mol. The van der Waals surface area contributed by atoms with E-state index in [0.717, 1.165) is 0 Å². The van der Waals surface area contributed by atoms with Gasteiger partial charge >= 0.3 is 0 Å². The van der Waals surface area contributed by atoms with Crippen molar-refractivity contribution in [2.24, 2.45) is 5.92 Å². The van der Waals surface area contributed by atoms with Crippen LogP contribution in [0.15, 0.2) is 36.4 Å². The number of aliphatic hydroxyl groups excluding tert-OH is 1. The number of aldehydes is 1. The molecule has 0 amide bonds. The van der Waals surface area contributed by atoms with Gasteiger partial charge < -0.3 is 10.2 Å². The average Bonchev–Trinajstić information content (AvgIpc) is 2.34. The fourth-order valence-corrected chi connectivity index (χ4v) is 1.50. The van der Waals surface area contributed by atoms with Crippen molar-refractivity contribution in [1.82, 2.24) is 0 Å². The number of aromatic hydroxyl groups is 1. The number of hydrogen-bond donors (Lipinski definition) is 2. The standard InChI is InChI=1S/C14H16O3/c1-2-4-11(9-15)7-8-12-5-3-6-14(17)13(12)10-16/h2-8,10-11,15,17H,9H2,1H3/b4-2+,8-7+. The van der Waals surface area contributed by atoms with Gasteiger partial charge in [0.05, 0.1) is 12.2 Å². The molecule has 0 bridgehead atoms. The Hall–Kier alpha value is -1.87. The number of hydrogen-bond acceptors (Lipinski definition) is 3. The van der Waals surface area contributed by atoms with Crippen LogP contribution in [0.25, 0.3) is 6.08 Å². The van der Waals surface area contributed by atoms with Gasteiger partial charge in [-0.1, -0.05) is 36.4 Å². The highest BCUT2D eigenvalue weighted by atomic mass is 16.3. The first kappa shape index (κ1) is 13.2. The summed E-state index contributed by atoms with van der Waals surface area (Å²) in [6, 6.07) is 4.88. The van der Waals surface area contributed by atoms with Crippen LogP contribution in [0.4, 0.5) is 0 Å². The van der Waals surface area contributed by atoms with Gasteiger partial charge in [-0.2, -0.15) is 0 Å². The van der Waals surface area contributed by atoms with Crippen LogP contribution in [0.5, 0.6) is 5.75 Å².